The van der Waals surface area contributed by atoms with Gasteiger partial charge in [0.1, 0.15) is 5.58 Å². The number of rotatable bonds is 5. The quantitative estimate of drug-likeness (QED) is 0.127. The molecule has 3 aromatic heterocycles. The molecule has 6 heteroatoms. The fourth-order valence-corrected chi connectivity index (χ4v) is 13.9. The molecule has 0 bridgehead atoms. The van der Waals surface area contributed by atoms with Gasteiger partial charge in [0.15, 0.2) is 0 Å². The smallest absolute Gasteiger partial charge is 0.122 e. The molecular formula is C51H51IrN3OSi-2. The van der Waals surface area contributed by atoms with Gasteiger partial charge in [-0.1, -0.05) is 111 Å². The van der Waals surface area contributed by atoms with Gasteiger partial charge < -0.3 is 14.4 Å². The van der Waals surface area contributed by atoms with Crippen molar-refractivity contribution in [3.8, 4) is 39.7 Å². The van der Waals surface area contributed by atoms with E-state index in [0.717, 1.165) is 29.7 Å². The SMILES string of the molecule is [2H]C([2H])(c1ccc(-c2[c-]cccc2)nc1)C(C)(C)C.[2H]c1cc(C2CC[Si]3(CCCC3)CC2)cc(C([2H])([2H])[2H])c1-c1cc(-c2[c-]ccc3c2oc2c([2H])c(C#N)ccc23)ncc1C([2H])([2H])[2H].[Ir]. The number of fused-ring (bicyclic) bond motifs is 3. The Kier molecular flexibility index (Phi) is 8.84. The van der Waals surface area contributed by atoms with E-state index in [1.807, 2.05) is 63.2 Å². The van der Waals surface area contributed by atoms with Crippen LogP contribution >= 0.6 is 0 Å². The van der Waals surface area contributed by atoms with Gasteiger partial charge in [-0.3, -0.25) is 0 Å². The summed E-state index contributed by atoms with van der Waals surface area (Å²) >= 11 is 0. The monoisotopic (exact) mass is 952 g/mol. The zero-order chi connectivity index (χ0) is 47.4. The molecule has 2 saturated heterocycles. The molecule has 4 nitrogen and oxygen atoms in total. The predicted octanol–water partition coefficient (Wildman–Crippen LogP) is 13.9. The van der Waals surface area contributed by atoms with Gasteiger partial charge in [0.25, 0.3) is 0 Å². The third-order valence-corrected chi connectivity index (χ3v) is 16.8. The molecule has 5 heterocycles. The maximum Gasteiger partial charge on any atom is 0.122 e. The van der Waals surface area contributed by atoms with Gasteiger partial charge in [0.05, 0.1) is 28.0 Å². The Bertz CT molecular complexity index is 2960. The van der Waals surface area contributed by atoms with E-state index in [0.29, 0.717) is 27.5 Å². The Hall–Kier alpha value is -4.66. The number of hydrogen-bond donors (Lipinski definition) is 0. The molecule has 9 rings (SSSR count). The van der Waals surface area contributed by atoms with Crippen molar-refractivity contribution >= 4 is 30.0 Å². The van der Waals surface area contributed by atoms with Crippen LogP contribution in [0.5, 0.6) is 0 Å². The summed E-state index contributed by atoms with van der Waals surface area (Å²) in [5, 5.41) is 10.7. The number of pyridine rings is 2. The van der Waals surface area contributed by atoms with Crippen LogP contribution < -0.4 is 0 Å². The third kappa shape index (κ3) is 8.92. The third-order valence-electron chi connectivity index (χ3n) is 11.3. The molecule has 0 N–H and O–H groups in total. The molecule has 7 aromatic rings. The second kappa shape index (κ2) is 17.1. The van der Waals surface area contributed by atoms with Crippen LogP contribution in [0.4, 0.5) is 0 Å². The maximum absolute atomic E-state index is 9.42. The van der Waals surface area contributed by atoms with E-state index < -0.39 is 33.6 Å². The summed E-state index contributed by atoms with van der Waals surface area (Å²) in [4.78, 5) is 8.83. The number of furan rings is 1. The minimum atomic E-state index is -2.63. The van der Waals surface area contributed by atoms with Crippen molar-refractivity contribution in [1.82, 2.24) is 9.97 Å². The topological polar surface area (TPSA) is 62.7 Å². The zero-order valence-corrected chi connectivity index (χ0v) is 35.9. The Labute approximate surface area is 367 Å². The Morgan fingerprint density at radius 1 is 0.877 bits per heavy atom. The normalized spacial score (nSPS) is 18.5. The predicted molar refractivity (Wildman–Crippen MR) is 233 cm³/mol. The molecule has 1 radical (unpaired) electrons. The summed E-state index contributed by atoms with van der Waals surface area (Å²) in [6.07, 6.45) is 6.14. The minimum Gasteiger partial charge on any atom is -0.501 e. The van der Waals surface area contributed by atoms with Crippen LogP contribution in [0.1, 0.15) is 93.9 Å². The van der Waals surface area contributed by atoms with Crippen LogP contribution in [0, 0.1) is 42.6 Å². The largest absolute Gasteiger partial charge is 0.501 e. The van der Waals surface area contributed by atoms with Crippen LogP contribution in [0.3, 0.4) is 0 Å². The standard InChI is InChI=1S/C35H33N2OSi.C16H18N.Ir/c1-23-18-27(26-12-16-39(17-13-26)14-3-4-15-39)9-11-28(23)32-20-33(37-22-24(32)2)31-7-5-6-30-29-10-8-25(21-36)19-34(29)38-35(30)31;1-16(2,3)11-13-9-10-15(17-12-13)14-7-5-4-6-8-14;/h5-6,8-11,18-20,22,26H,3-4,12-17H2,1-2H3;4-7,9-10,12H,11H2,1-3H3;/q2*-1;/i1D3,2D3,11D,19D;11D2;. The number of hydrogen-bond acceptors (Lipinski definition) is 4. The van der Waals surface area contributed by atoms with Crippen molar-refractivity contribution in [2.45, 2.75) is 96.6 Å². The van der Waals surface area contributed by atoms with Gasteiger partial charge >= 0.3 is 0 Å². The van der Waals surface area contributed by atoms with Crippen molar-refractivity contribution in [1.29, 1.82) is 5.26 Å². The Balaban J connectivity index is 0.000000280. The van der Waals surface area contributed by atoms with Crippen molar-refractivity contribution in [2.75, 3.05) is 0 Å². The van der Waals surface area contributed by atoms with Gasteiger partial charge in [-0.05, 0) is 101 Å². The molecule has 2 fully saturated rings. The summed E-state index contributed by atoms with van der Waals surface area (Å²) < 4.78 is 90.6. The molecule has 0 atom stereocenters. The van der Waals surface area contributed by atoms with E-state index in [4.69, 9.17) is 16.8 Å². The van der Waals surface area contributed by atoms with Gasteiger partial charge in [0, 0.05) is 48.9 Å². The fourth-order valence-electron chi connectivity index (χ4n) is 8.50. The Morgan fingerprint density at radius 2 is 1.68 bits per heavy atom. The molecule has 2 aliphatic heterocycles. The zero-order valence-electron chi connectivity index (χ0n) is 42.5. The van der Waals surface area contributed by atoms with Crippen LogP contribution in [0.2, 0.25) is 24.2 Å². The number of aromatic nitrogens is 2. The summed E-state index contributed by atoms with van der Waals surface area (Å²) in [5.41, 5.74) is 4.14. The summed E-state index contributed by atoms with van der Waals surface area (Å²) in [6.45, 7) is 0.453. The summed E-state index contributed by atoms with van der Waals surface area (Å²) in [6, 6.07) is 36.5. The molecule has 2 aliphatic rings. The van der Waals surface area contributed by atoms with Crippen molar-refractivity contribution < 1.29 is 38.2 Å². The number of nitriles is 1. The number of aryl methyl sites for hydroxylation is 2. The first-order chi connectivity index (χ1) is 31.1. The molecule has 0 amide bonds. The van der Waals surface area contributed by atoms with Gasteiger partial charge in [0.2, 0.25) is 0 Å². The molecular weight excluding hydrogens is 891 g/mol. The van der Waals surface area contributed by atoms with E-state index in [1.165, 1.54) is 49.3 Å². The molecule has 291 valence electrons. The minimum absolute atomic E-state index is 0. The molecule has 1 spiro atoms. The van der Waals surface area contributed by atoms with E-state index in [2.05, 4.69) is 22.1 Å². The fraction of sp³-hybridized carbons (Fsp3) is 0.314. The molecule has 0 unspecified atom stereocenters. The second-order valence-corrected chi connectivity index (χ2v) is 21.3. The Morgan fingerprint density at radius 3 is 2.39 bits per heavy atom. The van der Waals surface area contributed by atoms with Crippen LogP contribution in [-0.4, -0.2) is 18.0 Å². The van der Waals surface area contributed by atoms with E-state index in [9.17, 15) is 6.63 Å². The molecule has 0 saturated carbocycles. The average Bonchev–Trinajstić information content (AvgIpc) is 3.91. The summed E-state index contributed by atoms with van der Waals surface area (Å²) in [5.74, 6) is 0.187. The first-order valence-corrected chi connectivity index (χ1v) is 22.3. The van der Waals surface area contributed by atoms with Gasteiger partial charge in [-0.15, -0.1) is 54.1 Å². The average molecular weight is 952 g/mol. The molecule has 57 heavy (non-hydrogen) atoms. The second-order valence-electron chi connectivity index (χ2n) is 16.3. The van der Waals surface area contributed by atoms with Crippen molar-refractivity contribution in [3.63, 3.8) is 0 Å². The first kappa shape index (κ1) is 29.5. The van der Waals surface area contributed by atoms with Crippen LogP contribution in [-0.2, 0) is 26.5 Å². The van der Waals surface area contributed by atoms with Crippen molar-refractivity contribution in [3.05, 3.63) is 143 Å². The van der Waals surface area contributed by atoms with Crippen molar-refractivity contribution in [2.24, 2.45) is 5.41 Å². The molecule has 0 aliphatic carbocycles. The maximum atomic E-state index is 9.42. The number of nitrogens with zero attached hydrogens (tertiary/aromatic N) is 3. The van der Waals surface area contributed by atoms with Gasteiger partial charge in [-0.2, -0.15) is 5.26 Å². The van der Waals surface area contributed by atoms with Gasteiger partial charge in [-0.25, -0.2) is 0 Å². The van der Waals surface area contributed by atoms with Crippen LogP contribution in [0.25, 0.3) is 55.6 Å². The van der Waals surface area contributed by atoms with Crippen LogP contribution in [0.15, 0.2) is 108 Å². The van der Waals surface area contributed by atoms with E-state index >= 15 is 0 Å². The van der Waals surface area contributed by atoms with E-state index in [1.54, 1.807) is 42.6 Å². The van der Waals surface area contributed by atoms with E-state index in [-0.39, 0.29) is 77.2 Å². The first-order valence-electron chi connectivity index (χ1n) is 24.5. The number of benzene rings is 4. The molecule has 4 aromatic carbocycles. The summed E-state index contributed by atoms with van der Waals surface area (Å²) in [7, 11) is -1.19.